The second-order valence-electron chi connectivity index (χ2n) is 4.97. The summed E-state index contributed by atoms with van der Waals surface area (Å²) in [5.41, 5.74) is 0.147. The molecule has 2 rings (SSSR count). The summed E-state index contributed by atoms with van der Waals surface area (Å²) in [5.74, 6) is -1.99. The summed E-state index contributed by atoms with van der Waals surface area (Å²) in [4.78, 5) is 23.4. The van der Waals surface area contributed by atoms with Crippen LogP contribution in [-0.4, -0.2) is 28.1 Å². The first-order valence-electron chi connectivity index (χ1n) is 6.51. The fraction of sp³-hybridized carbons (Fsp3) is 0.429. The third kappa shape index (κ3) is 3.30. The van der Waals surface area contributed by atoms with Gasteiger partial charge in [0.2, 0.25) is 0 Å². The first-order chi connectivity index (χ1) is 9.49. The van der Waals surface area contributed by atoms with Gasteiger partial charge in [-0.1, -0.05) is 28.8 Å². The minimum absolute atomic E-state index is 0.117. The molecule has 1 fully saturated rings. The third-order valence-corrected chi connectivity index (χ3v) is 4.10. The van der Waals surface area contributed by atoms with Gasteiger partial charge in [0.15, 0.2) is 0 Å². The van der Waals surface area contributed by atoms with Gasteiger partial charge in [-0.05, 0) is 31.0 Å². The number of halogens is 1. The second kappa shape index (κ2) is 6.26. The van der Waals surface area contributed by atoms with Crippen molar-refractivity contribution in [3.63, 3.8) is 0 Å². The Kier molecular flexibility index (Phi) is 4.65. The molecular weight excluding hydrogens is 326 g/mol. The van der Waals surface area contributed by atoms with Gasteiger partial charge in [-0.15, -0.1) is 0 Å². The Morgan fingerprint density at radius 1 is 1.25 bits per heavy atom. The molecule has 0 spiro atoms. The average Bonchev–Trinajstić information content (AvgIpc) is 2.41. The first kappa shape index (κ1) is 14.8. The highest BCUT2D eigenvalue weighted by atomic mass is 79.9. The molecule has 20 heavy (non-hydrogen) atoms. The van der Waals surface area contributed by atoms with Crippen molar-refractivity contribution in [2.45, 2.75) is 31.7 Å². The number of carbonyl (C=O) groups is 2. The third-order valence-electron chi connectivity index (χ3n) is 3.60. The summed E-state index contributed by atoms with van der Waals surface area (Å²) in [7, 11) is 0. The van der Waals surface area contributed by atoms with Crippen LogP contribution in [0.5, 0.6) is 5.75 Å². The number of phenols is 1. The number of hydrogen-bond donors (Lipinski definition) is 3. The lowest BCUT2D eigenvalue weighted by atomic mass is 9.84. The lowest BCUT2D eigenvalue weighted by Crippen LogP contribution is -2.45. The molecule has 0 aliphatic heterocycles. The number of carboxylic acids is 1. The smallest absolute Gasteiger partial charge is 0.308 e. The van der Waals surface area contributed by atoms with E-state index >= 15 is 0 Å². The van der Waals surface area contributed by atoms with Gasteiger partial charge in [0.05, 0.1) is 11.5 Å². The lowest BCUT2D eigenvalue weighted by Gasteiger charge is -2.29. The van der Waals surface area contributed by atoms with E-state index in [9.17, 15) is 19.8 Å². The van der Waals surface area contributed by atoms with Gasteiger partial charge in [-0.25, -0.2) is 0 Å². The highest BCUT2D eigenvalue weighted by Crippen LogP contribution is 2.26. The predicted molar refractivity (Wildman–Crippen MR) is 76.7 cm³/mol. The molecule has 1 aliphatic rings. The quantitative estimate of drug-likeness (QED) is 0.788. The molecule has 1 saturated carbocycles. The van der Waals surface area contributed by atoms with Crippen LogP contribution in [0.4, 0.5) is 0 Å². The first-order valence-corrected chi connectivity index (χ1v) is 7.30. The number of rotatable bonds is 3. The summed E-state index contributed by atoms with van der Waals surface area (Å²) < 4.78 is 0.680. The highest BCUT2D eigenvalue weighted by Gasteiger charge is 2.32. The number of carbonyl (C=O) groups excluding carboxylic acids is 1. The summed E-state index contributed by atoms with van der Waals surface area (Å²) in [6, 6.07) is 4.19. The van der Waals surface area contributed by atoms with E-state index in [1.807, 2.05) is 0 Å². The van der Waals surface area contributed by atoms with E-state index in [0.29, 0.717) is 17.3 Å². The van der Waals surface area contributed by atoms with Crippen LogP contribution < -0.4 is 5.32 Å². The number of amides is 1. The van der Waals surface area contributed by atoms with E-state index in [1.165, 1.54) is 12.1 Å². The van der Waals surface area contributed by atoms with Crippen molar-refractivity contribution < 1.29 is 19.8 Å². The van der Waals surface area contributed by atoms with Crippen molar-refractivity contribution in [1.82, 2.24) is 5.32 Å². The molecule has 1 aliphatic carbocycles. The van der Waals surface area contributed by atoms with Crippen LogP contribution in [-0.2, 0) is 4.79 Å². The number of aliphatic carboxylic acids is 1. The zero-order chi connectivity index (χ0) is 14.7. The largest absolute Gasteiger partial charge is 0.507 e. The van der Waals surface area contributed by atoms with Crippen molar-refractivity contribution >= 4 is 27.8 Å². The molecule has 0 aromatic heterocycles. The molecule has 6 heteroatoms. The average molecular weight is 342 g/mol. The van der Waals surface area contributed by atoms with Crippen LogP contribution in [0.15, 0.2) is 22.7 Å². The van der Waals surface area contributed by atoms with Crippen LogP contribution in [0.1, 0.15) is 36.0 Å². The molecule has 108 valence electrons. The van der Waals surface area contributed by atoms with E-state index in [2.05, 4.69) is 21.2 Å². The summed E-state index contributed by atoms with van der Waals surface area (Å²) in [6.45, 7) is 0. The van der Waals surface area contributed by atoms with E-state index in [-0.39, 0.29) is 17.4 Å². The molecule has 1 amide bonds. The predicted octanol–water partition coefficient (Wildman–Crippen LogP) is 2.53. The van der Waals surface area contributed by atoms with Crippen LogP contribution in [0.2, 0.25) is 0 Å². The maximum absolute atomic E-state index is 12.2. The van der Waals surface area contributed by atoms with E-state index < -0.39 is 17.8 Å². The molecule has 0 bridgehead atoms. The Morgan fingerprint density at radius 2 is 1.95 bits per heavy atom. The topological polar surface area (TPSA) is 86.6 Å². The van der Waals surface area contributed by atoms with Gasteiger partial charge in [-0.2, -0.15) is 0 Å². The number of benzene rings is 1. The maximum Gasteiger partial charge on any atom is 0.308 e. The Labute approximate surface area is 125 Å². The SMILES string of the molecule is O=C(NC1CCCCC1C(=O)O)c1cc(Br)ccc1O. The molecule has 1 aromatic rings. The molecule has 2 atom stereocenters. The highest BCUT2D eigenvalue weighted by molar-refractivity contribution is 9.10. The van der Waals surface area contributed by atoms with Crippen LogP contribution in [0, 0.1) is 5.92 Å². The summed E-state index contributed by atoms with van der Waals surface area (Å²) in [6.07, 6.45) is 2.99. The minimum atomic E-state index is -0.881. The normalized spacial score (nSPS) is 22.2. The van der Waals surface area contributed by atoms with E-state index in [0.717, 1.165) is 12.8 Å². The summed E-state index contributed by atoms with van der Waals surface area (Å²) in [5, 5.41) is 21.6. The van der Waals surface area contributed by atoms with Crippen LogP contribution in [0.3, 0.4) is 0 Å². The fourth-order valence-corrected chi connectivity index (χ4v) is 2.90. The van der Waals surface area contributed by atoms with Gasteiger partial charge in [0.25, 0.3) is 5.91 Å². The fourth-order valence-electron chi connectivity index (χ4n) is 2.54. The van der Waals surface area contributed by atoms with Crippen molar-refractivity contribution in [2.24, 2.45) is 5.92 Å². The maximum atomic E-state index is 12.2. The van der Waals surface area contributed by atoms with Gasteiger partial charge in [0.1, 0.15) is 5.75 Å². The molecule has 0 radical (unpaired) electrons. The van der Waals surface area contributed by atoms with E-state index in [4.69, 9.17) is 0 Å². The second-order valence-corrected chi connectivity index (χ2v) is 5.89. The minimum Gasteiger partial charge on any atom is -0.507 e. The Balaban J connectivity index is 2.13. The number of nitrogens with one attached hydrogen (secondary N) is 1. The Bertz CT molecular complexity index is 532. The van der Waals surface area contributed by atoms with Gasteiger partial charge >= 0.3 is 5.97 Å². The number of phenolic OH excluding ortho intramolecular Hbond substituents is 1. The monoisotopic (exact) mass is 341 g/mol. The van der Waals surface area contributed by atoms with Gasteiger partial charge < -0.3 is 15.5 Å². The molecule has 1 aromatic carbocycles. The molecule has 0 saturated heterocycles. The van der Waals surface area contributed by atoms with Crippen LogP contribution >= 0.6 is 15.9 Å². The lowest BCUT2D eigenvalue weighted by molar-refractivity contribution is -0.143. The van der Waals surface area contributed by atoms with Crippen molar-refractivity contribution in [3.8, 4) is 5.75 Å². The zero-order valence-electron chi connectivity index (χ0n) is 10.8. The number of carboxylic acid groups (broad SMARTS) is 1. The zero-order valence-corrected chi connectivity index (χ0v) is 12.4. The van der Waals surface area contributed by atoms with E-state index in [1.54, 1.807) is 6.07 Å². The number of aromatic hydroxyl groups is 1. The van der Waals surface area contributed by atoms with Gasteiger partial charge in [-0.3, -0.25) is 9.59 Å². The molecule has 3 N–H and O–H groups in total. The Hall–Kier alpha value is -1.56. The molecular formula is C14H16BrNO4. The standard InChI is InChI=1S/C14H16BrNO4/c15-8-5-6-12(17)10(7-8)13(18)16-11-4-2-1-3-9(11)14(19)20/h5-7,9,11,17H,1-4H2,(H,16,18)(H,19,20). The summed E-state index contributed by atoms with van der Waals surface area (Å²) >= 11 is 3.24. The van der Waals surface area contributed by atoms with Crippen molar-refractivity contribution in [1.29, 1.82) is 0 Å². The van der Waals surface area contributed by atoms with Crippen molar-refractivity contribution in [2.75, 3.05) is 0 Å². The molecule has 5 nitrogen and oxygen atoms in total. The molecule has 2 unspecified atom stereocenters. The van der Waals surface area contributed by atoms with Crippen molar-refractivity contribution in [3.05, 3.63) is 28.2 Å². The molecule has 0 heterocycles. The number of hydrogen-bond acceptors (Lipinski definition) is 3. The van der Waals surface area contributed by atoms with Gasteiger partial charge in [0, 0.05) is 10.5 Å². The van der Waals surface area contributed by atoms with Crippen LogP contribution in [0.25, 0.3) is 0 Å². The Morgan fingerprint density at radius 3 is 2.65 bits per heavy atom.